The number of amides is 2. The first kappa shape index (κ1) is 21.3. The van der Waals surface area contributed by atoms with Crippen LogP contribution in [-0.4, -0.2) is 16.4 Å². The maximum absolute atomic E-state index is 12.9. The summed E-state index contributed by atoms with van der Waals surface area (Å²) in [5.41, 5.74) is 2.71. The van der Waals surface area contributed by atoms with Crippen molar-refractivity contribution in [2.24, 2.45) is 5.92 Å². The van der Waals surface area contributed by atoms with Gasteiger partial charge in [-0.25, -0.2) is 0 Å². The molecule has 2 amide bonds. The number of fused-ring (bicyclic) bond motifs is 2. The van der Waals surface area contributed by atoms with Crippen molar-refractivity contribution in [3.05, 3.63) is 83.0 Å². The van der Waals surface area contributed by atoms with Gasteiger partial charge in [0.05, 0.1) is 11.0 Å². The molecule has 0 aliphatic carbocycles. The van der Waals surface area contributed by atoms with Crippen LogP contribution in [0.1, 0.15) is 20.3 Å². The van der Waals surface area contributed by atoms with Crippen LogP contribution in [0.4, 0.5) is 11.4 Å². The molecule has 0 aliphatic rings. The Labute approximate surface area is 185 Å². The normalized spacial score (nSPS) is 11.1. The predicted molar refractivity (Wildman–Crippen MR) is 129 cm³/mol. The molecule has 0 unspecified atom stereocenters. The van der Waals surface area contributed by atoms with Crippen molar-refractivity contribution in [2.75, 3.05) is 10.6 Å². The van der Waals surface area contributed by atoms with Crippen molar-refractivity contribution in [1.29, 1.82) is 0 Å². The molecular weight excluding hydrogens is 402 g/mol. The highest BCUT2D eigenvalue weighted by Crippen LogP contribution is 2.20. The van der Waals surface area contributed by atoms with Gasteiger partial charge in [0.15, 0.2) is 5.43 Å². The van der Waals surface area contributed by atoms with Gasteiger partial charge in [0.25, 0.3) is 0 Å². The average Bonchev–Trinajstić information content (AvgIpc) is 2.77. The third-order valence-corrected chi connectivity index (χ3v) is 5.23. The molecule has 32 heavy (non-hydrogen) atoms. The quantitative estimate of drug-likeness (QED) is 0.435. The second-order valence-corrected chi connectivity index (χ2v) is 8.22. The lowest BCUT2D eigenvalue weighted by Crippen LogP contribution is -2.21. The van der Waals surface area contributed by atoms with Gasteiger partial charge < -0.3 is 15.2 Å². The zero-order valence-electron chi connectivity index (χ0n) is 18.1. The first-order valence-corrected chi connectivity index (χ1v) is 10.6. The van der Waals surface area contributed by atoms with E-state index in [1.807, 2.05) is 54.8 Å². The molecule has 1 heterocycles. The number of carbonyl (C=O) groups is 2. The molecule has 4 rings (SSSR count). The van der Waals surface area contributed by atoms with Gasteiger partial charge in [-0.15, -0.1) is 0 Å². The number of para-hydroxylation sites is 2. The second kappa shape index (κ2) is 9.06. The lowest BCUT2D eigenvalue weighted by molar-refractivity contribution is -0.117. The predicted octanol–water partition coefficient (Wildman–Crippen LogP) is 4.78. The number of carbonyl (C=O) groups excluding carboxylic acids is 2. The van der Waals surface area contributed by atoms with Crippen molar-refractivity contribution >= 4 is 45.0 Å². The number of nitrogens with one attached hydrogen (secondary N) is 2. The van der Waals surface area contributed by atoms with Crippen LogP contribution in [0.5, 0.6) is 0 Å². The van der Waals surface area contributed by atoms with Crippen LogP contribution >= 0.6 is 0 Å². The zero-order chi connectivity index (χ0) is 22.7. The molecule has 4 aromatic rings. The molecule has 3 aromatic carbocycles. The molecule has 6 heteroatoms. The highest BCUT2D eigenvalue weighted by Gasteiger charge is 2.13. The third-order valence-electron chi connectivity index (χ3n) is 5.23. The summed E-state index contributed by atoms with van der Waals surface area (Å²) in [7, 11) is 0. The van der Waals surface area contributed by atoms with Gasteiger partial charge >= 0.3 is 0 Å². The summed E-state index contributed by atoms with van der Waals surface area (Å²) in [5.74, 6) is 0.0446. The standard InChI is InChI=1S/C26H25N3O3/c1-17(2)15-24(30)27-18-11-13-19(14-12-18)28-25(31)16-29-22-9-5-3-7-20(22)26(32)21-8-4-6-10-23(21)29/h3-14,17H,15-16H2,1-2H3,(H,27,30)(H,28,31). The average molecular weight is 428 g/mol. The van der Waals surface area contributed by atoms with Crippen LogP contribution in [0.15, 0.2) is 77.6 Å². The second-order valence-electron chi connectivity index (χ2n) is 8.22. The van der Waals surface area contributed by atoms with E-state index in [0.29, 0.717) is 28.6 Å². The van der Waals surface area contributed by atoms with Gasteiger partial charge in [0, 0.05) is 28.6 Å². The van der Waals surface area contributed by atoms with Gasteiger partial charge in [-0.1, -0.05) is 38.1 Å². The highest BCUT2D eigenvalue weighted by molar-refractivity contribution is 5.97. The first-order valence-electron chi connectivity index (χ1n) is 10.6. The summed E-state index contributed by atoms with van der Waals surface area (Å²) in [6.45, 7) is 4.05. The number of anilines is 2. The topological polar surface area (TPSA) is 80.2 Å². The van der Waals surface area contributed by atoms with E-state index in [1.165, 1.54) is 0 Å². The smallest absolute Gasteiger partial charge is 0.244 e. The van der Waals surface area contributed by atoms with Crippen LogP contribution < -0.4 is 16.1 Å². The molecule has 0 fully saturated rings. The monoisotopic (exact) mass is 427 g/mol. The molecule has 0 bridgehead atoms. The molecule has 0 saturated heterocycles. The lowest BCUT2D eigenvalue weighted by atomic mass is 10.1. The Kier molecular flexibility index (Phi) is 6.03. The van der Waals surface area contributed by atoms with Gasteiger partial charge in [0.2, 0.25) is 11.8 Å². The number of hydrogen-bond acceptors (Lipinski definition) is 3. The van der Waals surface area contributed by atoms with Crippen LogP contribution in [0.2, 0.25) is 0 Å². The van der Waals surface area contributed by atoms with Crippen LogP contribution in [0.3, 0.4) is 0 Å². The molecule has 0 atom stereocenters. The van der Waals surface area contributed by atoms with Gasteiger partial charge in [-0.3, -0.25) is 14.4 Å². The Balaban J connectivity index is 1.55. The van der Waals surface area contributed by atoms with Gasteiger partial charge in [0.1, 0.15) is 6.54 Å². The summed E-state index contributed by atoms with van der Waals surface area (Å²) in [6, 6.07) is 21.7. The van der Waals surface area contributed by atoms with Crippen molar-refractivity contribution in [2.45, 2.75) is 26.8 Å². The maximum Gasteiger partial charge on any atom is 0.244 e. The number of benzene rings is 3. The van der Waals surface area contributed by atoms with E-state index >= 15 is 0 Å². The molecule has 1 aromatic heterocycles. The lowest BCUT2D eigenvalue weighted by Gasteiger charge is -2.15. The molecule has 0 radical (unpaired) electrons. The fourth-order valence-electron chi connectivity index (χ4n) is 3.81. The van der Waals surface area contributed by atoms with E-state index in [4.69, 9.17) is 0 Å². The molecule has 162 valence electrons. The van der Waals surface area contributed by atoms with Crippen molar-refractivity contribution in [3.8, 4) is 0 Å². The summed E-state index contributed by atoms with van der Waals surface area (Å²) in [6.07, 6.45) is 0.458. The minimum atomic E-state index is -0.208. The number of nitrogens with zero attached hydrogens (tertiary/aromatic N) is 1. The number of aromatic nitrogens is 1. The van der Waals surface area contributed by atoms with Crippen LogP contribution in [-0.2, 0) is 16.1 Å². The Morgan fingerprint density at radius 1 is 0.750 bits per heavy atom. The number of pyridine rings is 1. The Hall–Kier alpha value is -3.93. The van der Waals surface area contributed by atoms with E-state index in [2.05, 4.69) is 10.6 Å². The number of hydrogen-bond donors (Lipinski definition) is 2. The van der Waals surface area contributed by atoms with Crippen LogP contribution in [0, 0.1) is 5.92 Å². The number of rotatable bonds is 6. The zero-order valence-corrected chi connectivity index (χ0v) is 18.1. The Morgan fingerprint density at radius 3 is 1.72 bits per heavy atom. The highest BCUT2D eigenvalue weighted by atomic mass is 16.2. The van der Waals surface area contributed by atoms with E-state index in [-0.39, 0.29) is 29.7 Å². The summed E-state index contributed by atoms with van der Waals surface area (Å²) >= 11 is 0. The van der Waals surface area contributed by atoms with Crippen LogP contribution in [0.25, 0.3) is 21.8 Å². The van der Waals surface area contributed by atoms with E-state index < -0.39 is 0 Å². The molecule has 0 saturated carbocycles. The van der Waals surface area contributed by atoms with Gasteiger partial charge in [-0.2, -0.15) is 0 Å². The van der Waals surface area contributed by atoms with Gasteiger partial charge in [-0.05, 0) is 54.4 Å². The molecule has 6 nitrogen and oxygen atoms in total. The molecular formula is C26H25N3O3. The van der Waals surface area contributed by atoms with E-state index in [1.54, 1.807) is 36.4 Å². The molecule has 0 aliphatic heterocycles. The minimum absolute atomic E-state index is 0.0336. The Bertz CT molecular complexity index is 1290. The van der Waals surface area contributed by atoms with E-state index in [0.717, 1.165) is 11.0 Å². The van der Waals surface area contributed by atoms with Crippen molar-refractivity contribution in [3.63, 3.8) is 0 Å². The molecule has 2 N–H and O–H groups in total. The Morgan fingerprint density at radius 2 is 1.22 bits per heavy atom. The summed E-state index contributed by atoms with van der Waals surface area (Å²) in [5, 5.41) is 6.92. The first-order chi connectivity index (χ1) is 15.4. The largest absolute Gasteiger partial charge is 0.331 e. The maximum atomic E-state index is 12.9. The summed E-state index contributed by atoms with van der Waals surface area (Å²) < 4.78 is 1.86. The molecule has 0 spiro atoms. The SMILES string of the molecule is CC(C)CC(=O)Nc1ccc(NC(=O)Cn2c3ccccc3c(=O)c3ccccc32)cc1. The fourth-order valence-corrected chi connectivity index (χ4v) is 3.81. The minimum Gasteiger partial charge on any atom is -0.331 e. The van der Waals surface area contributed by atoms with Crippen molar-refractivity contribution < 1.29 is 9.59 Å². The fraction of sp³-hybridized carbons (Fsp3) is 0.192. The third kappa shape index (κ3) is 4.54. The van der Waals surface area contributed by atoms with Crippen molar-refractivity contribution in [1.82, 2.24) is 4.57 Å². The summed E-state index contributed by atoms with van der Waals surface area (Å²) in [4.78, 5) is 37.6. The van der Waals surface area contributed by atoms with E-state index in [9.17, 15) is 14.4 Å².